The van der Waals surface area contributed by atoms with E-state index in [0.717, 1.165) is 49.0 Å². The number of carboxylic acids is 1. The van der Waals surface area contributed by atoms with Crippen LogP contribution < -0.4 is 4.90 Å². The van der Waals surface area contributed by atoms with E-state index in [0.29, 0.717) is 0 Å². The minimum absolute atomic E-state index is 0.107. The number of anilines is 1. The van der Waals surface area contributed by atoms with E-state index in [1.807, 2.05) is 29.2 Å². The Labute approximate surface area is 168 Å². The van der Waals surface area contributed by atoms with Crippen LogP contribution >= 0.6 is 11.3 Å². The Morgan fingerprint density at radius 2 is 1.61 bits per heavy atom. The topological polar surface area (TPSA) is 56.7 Å². The van der Waals surface area contributed by atoms with Crippen molar-refractivity contribution in [3.63, 3.8) is 0 Å². The fraction of sp³-hybridized carbons (Fsp3) is 0.273. The molecule has 1 saturated heterocycles. The average molecular weight is 394 g/mol. The molecule has 28 heavy (non-hydrogen) atoms. The lowest BCUT2D eigenvalue weighted by atomic mass is 10.1. The molecule has 1 fully saturated rings. The van der Waals surface area contributed by atoms with Crippen molar-refractivity contribution in [3.8, 4) is 21.7 Å². The summed E-state index contributed by atoms with van der Waals surface area (Å²) in [5, 5.41) is 10.1. The van der Waals surface area contributed by atoms with Crippen LogP contribution in [0.4, 0.5) is 5.13 Å². The summed E-state index contributed by atoms with van der Waals surface area (Å²) in [5.41, 5.74) is 3.30. The molecule has 0 spiro atoms. The van der Waals surface area contributed by atoms with Crippen molar-refractivity contribution in [1.82, 2.24) is 9.88 Å². The summed E-state index contributed by atoms with van der Waals surface area (Å²) in [6.45, 7) is 3.35. The number of carboxylic acid groups (broad SMARTS) is 1. The third-order valence-corrected chi connectivity index (χ3v) is 6.08. The Kier molecular flexibility index (Phi) is 5.69. The van der Waals surface area contributed by atoms with E-state index in [9.17, 15) is 4.79 Å². The van der Waals surface area contributed by atoms with E-state index in [2.05, 4.69) is 41.3 Å². The molecule has 2 aromatic carbocycles. The lowest BCUT2D eigenvalue weighted by molar-refractivity contribution is -0.138. The molecule has 5 nitrogen and oxygen atoms in total. The van der Waals surface area contributed by atoms with Crippen molar-refractivity contribution in [3.05, 3.63) is 60.7 Å². The van der Waals surface area contributed by atoms with Gasteiger partial charge < -0.3 is 10.0 Å². The molecule has 0 amide bonds. The molecular weight excluding hydrogens is 370 g/mol. The normalized spacial score (nSPS) is 15.4. The van der Waals surface area contributed by atoms with Crippen LogP contribution in [0, 0.1) is 0 Å². The van der Waals surface area contributed by atoms with E-state index in [-0.39, 0.29) is 6.54 Å². The molecule has 2 heterocycles. The highest BCUT2D eigenvalue weighted by Crippen LogP contribution is 2.40. The Hall–Kier alpha value is -2.70. The summed E-state index contributed by atoms with van der Waals surface area (Å²) in [7, 11) is 0. The Bertz CT molecular complexity index is 870. The van der Waals surface area contributed by atoms with Gasteiger partial charge in [0.1, 0.15) is 0 Å². The number of hydrogen-bond donors (Lipinski definition) is 1. The lowest BCUT2D eigenvalue weighted by Gasteiger charge is -2.20. The quantitative estimate of drug-likeness (QED) is 0.708. The van der Waals surface area contributed by atoms with Gasteiger partial charge in [-0.2, -0.15) is 0 Å². The van der Waals surface area contributed by atoms with Crippen molar-refractivity contribution >= 4 is 22.4 Å². The van der Waals surface area contributed by atoms with Gasteiger partial charge in [-0.15, -0.1) is 0 Å². The first-order valence-corrected chi connectivity index (χ1v) is 10.3. The monoisotopic (exact) mass is 393 g/mol. The van der Waals surface area contributed by atoms with Gasteiger partial charge in [0.25, 0.3) is 0 Å². The van der Waals surface area contributed by atoms with Crippen LogP contribution in [-0.2, 0) is 4.79 Å². The van der Waals surface area contributed by atoms with Crippen molar-refractivity contribution in [2.24, 2.45) is 0 Å². The zero-order valence-electron chi connectivity index (χ0n) is 15.6. The number of hydrogen-bond acceptors (Lipinski definition) is 5. The molecular formula is C22H23N3O2S. The summed E-state index contributed by atoms with van der Waals surface area (Å²) in [6, 6.07) is 20.7. The molecule has 0 radical (unpaired) electrons. The van der Waals surface area contributed by atoms with Crippen LogP contribution in [0.1, 0.15) is 6.42 Å². The number of benzene rings is 2. The minimum atomic E-state index is -0.763. The first-order chi connectivity index (χ1) is 13.7. The van der Waals surface area contributed by atoms with Gasteiger partial charge in [-0.1, -0.05) is 72.0 Å². The minimum Gasteiger partial charge on any atom is -0.480 e. The second kappa shape index (κ2) is 8.54. The zero-order chi connectivity index (χ0) is 19.3. The molecule has 144 valence electrons. The summed E-state index contributed by atoms with van der Waals surface area (Å²) in [5.74, 6) is -0.763. The molecule has 0 aliphatic carbocycles. The van der Waals surface area contributed by atoms with Crippen LogP contribution in [0.3, 0.4) is 0 Å². The van der Waals surface area contributed by atoms with Crippen LogP contribution in [0.5, 0.6) is 0 Å². The van der Waals surface area contributed by atoms with Crippen molar-refractivity contribution < 1.29 is 9.90 Å². The molecule has 0 atom stereocenters. The molecule has 0 saturated carbocycles. The van der Waals surface area contributed by atoms with E-state index in [1.54, 1.807) is 11.3 Å². The molecule has 1 N–H and O–H groups in total. The van der Waals surface area contributed by atoms with Crippen LogP contribution in [-0.4, -0.2) is 53.7 Å². The molecule has 1 aliphatic heterocycles. The second-order valence-electron chi connectivity index (χ2n) is 6.92. The van der Waals surface area contributed by atoms with Gasteiger partial charge in [-0.3, -0.25) is 9.69 Å². The van der Waals surface area contributed by atoms with E-state index in [4.69, 9.17) is 10.1 Å². The highest BCUT2D eigenvalue weighted by Gasteiger charge is 2.22. The predicted octanol–water partition coefficient (Wildman–Crippen LogP) is 4.07. The maximum Gasteiger partial charge on any atom is 0.317 e. The standard InChI is InChI=1S/C22H23N3O2S/c26-19(27)16-24-12-7-13-25(15-14-24)22-23-20(17-8-3-1-4-9-17)21(28-22)18-10-5-2-6-11-18/h1-6,8-11H,7,12-16H2,(H,26,27). The van der Waals surface area contributed by atoms with Crippen molar-refractivity contribution in [2.45, 2.75) is 6.42 Å². The number of nitrogens with zero attached hydrogens (tertiary/aromatic N) is 3. The number of carbonyl (C=O) groups is 1. The van der Waals surface area contributed by atoms with Crippen molar-refractivity contribution in [1.29, 1.82) is 0 Å². The maximum absolute atomic E-state index is 11.0. The maximum atomic E-state index is 11.0. The molecule has 0 unspecified atom stereocenters. The fourth-order valence-electron chi connectivity index (χ4n) is 3.53. The fourth-order valence-corrected chi connectivity index (χ4v) is 4.68. The van der Waals surface area contributed by atoms with Gasteiger partial charge in [0.05, 0.1) is 17.1 Å². The van der Waals surface area contributed by atoms with Gasteiger partial charge in [0.2, 0.25) is 0 Å². The lowest BCUT2D eigenvalue weighted by Crippen LogP contribution is -2.34. The summed E-state index contributed by atoms with van der Waals surface area (Å²) in [6.07, 6.45) is 0.939. The Morgan fingerprint density at radius 1 is 0.929 bits per heavy atom. The van der Waals surface area contributed by atoms with Crippen LogP contribution in [0.2, 0.25) is 0 Å². The summed E-state index contributed by atoms with van der Waals surface area (Å²) < 4.78 is 0. The summed E-state index contributed by atoms with van der Waals surface area (Å²) in [4.78, 5) is 21.5. The van der Waals surface area contributed by atoms with Crippen molar-refractivity contribution in [2.75, 3.05) is 37.6 Å². The molecule has 1 aliphatic rings. The number of rotatable bonds is 5. The third kappa shape index (κ3) is 4.24. The Balaban J connectivity index is 1.65. The van der Waals surface area contributed by atoms with E-state index >= 15 is 0 Å². The highest BCUT2D eigenvalue weighted by atomic mass is 32.1. The molecule has 0 bridgehead atoms. The van der Waals surface area contributed by atoms with Gasteiger partial charge in [0, 0.05) is 31.7 Å². The first kappa shape index (κ1) is 18.7. The third-order valence-electron chi connectivity index (χ3n) is 4.92. The predicted molar refractivity (Wildman–Crippen MR) is 114 cm³/mol. The largest absolute Gasteiger partial charge is 0.480 e. The van der Waals surface area contributed by atoms with E-state index < -0.39 is 5.97 Å². The first-order valence-electron chi connectivity index (χ1n) is 9.51. The van der Waals surface area contributed by atoms with Crippen LogP contribution in [0.25, 0.3) is 21.7 Å². The molecule has 1 aromatic heterocycles. The van der Waals surface area contributed by atoms with E-state index in [1.165, 1.54) is 10.4 Å². The molecule has 4 rings (SSSR count). The number of aromatic nitrogens is 1. The highest BCUT2D eigenvalue weighted by molar-refractivity contribution is 7.19. The zero-order valence-corrected chi connectivity index (χ0v) is 16.4. The van der Waals surface area contributed by atoms with Crippen LogP contribution in [0.15, 0.2) is 60.7 Å². The summed E-state index contributed by atoms with van der Waals surface area (Å²) >= 11 is 1.72. The van der Waals surface area contributed by atoms with Gasteiger partial charge in [-0.05, 0) is 12.0 Å². The molecule has 3 aromatic rings. The second-order valence-corrected chi connectivity index (χ2v) is 7.89. The molecule has 6 heteroatoms. The van der Waals surface area contributed by atoms with Gasteiger partial charge in [0.15, 0.2) is 5.13 Å². The van der Waals surface area contributed by atoms with Gasteiger partial charge in [-0.25, -0.2) is 4.98 Å². The Morgan fingerprint density at radius 3 is 2.29 bits per heavy atom. The smallest absolute Gasteiger partial charge is 0.317 e. The van der Waals surface area contributed by atoms with Gasteiger partial charge >= 0.3 is 5.97 Å². The number of aliphatic carboxylic acids is 1. The average Bonchev–Trinajstić information content (AvgIpc) is 3.04. The SMILES string of the molecule is O=C(O)CN1CCCN(c2nc(-c3ccccc3)c(-c3ccccc3)s2)CC1. The number of thiazole rings is 1.